The molecule has 2 heterocycles. The number of carbonyl (C=O) groups is 1. The van der Waals surface area contributed by atoms with Crippen molar-refractivity contribution >= 4 is 22.4 Å². The van der Waals surface area contributed by atoms with E-state index in [4.69, 9.17) is 0 Å². The monoisotopic (exact) mass is 360 g/mol. The number of anilines is 1. The number of nitrogens with one attached hydrogen (secondary N) is 1. The summed E-state index contributed by atoms with van der Waals surface area (Å²) in [5.41, 5.74) is 4.21. The van der Waals surface area contributed by atoms with Crippen LogP contribution in [0.3, 0.4) is 0 Å². The maximum Gasteiger partial charge on any atom is 0.256 e. The van der Waals surface area contributed by atoms with Crippen LogP contribution in [0.5, 0.6) is 0 Å². The van der Waals surface area contributed by atoms with E-state index in [1.165, 1.54) is 16.5 Å². The van der Waals surface area contributed by atoms with Crippen LogP contribution in [0.1, 0.15) is 40.4 Å². The van der Waals surface area contributed by atoms with Crippen molar-refractivity contribution < 1.29 is 4.79 Å². The highest BCUT2D eigenvalue weighted by Gasteiger charge is 2.21. The van der Waals surface area contributed by atoms with E-state index < -0.39 is 0 Å². The number of rotatable bonds is 3. The molecule has 0 radical (unpaired) electrons. The second kappa shape index (κ2) is 6.50. The molecule has 2 aromatic carbocycles. The third-order valence-corrected chi connectivity index (χ3v) is 6.04. The maximum absolute atomic E-state index is 12.9. The van der Waals surface area contributed by atoms with E-state index in [1.54, 1.807) is 6.20 Å². The summed E-state index contributed by atoms with van der Waals surface area (Å²) in [6.45, 7) is 2.18. The first kappa shape index (κ1) is 16.5. The summed E-state index contributed by atoms with van der Waals surface area (Å²) >= 11 is 0. The summed E-state index contributed by atoms with van der Waals surface area (Å²) in [6, 6.07) is 10.8. The van der Waals surface area contributed by atoms with Gasteiger partial charge in [-0.15, -0.1) is 0 Å². The van der Waals surface area contributed by atoms with Crippen molar-refractivity contribution in [3.8, 4) is 0 Å². The molecule has 1 aliphatic carbocycles. The smallest absolute Gasteiger partial charge is 0.256 e. The van der Waals surface area contributed by atoms with Crippen molar-refractivity contribution in [2.75, 3.05) is 25.5 Å². The molecule has 5 nitrogen and oxygen atoms in total. The molecule has 1 aromatic heterocycles. The summed E-state index contributed by atoms with van der Waals surface area (Å²) in [5, 5.41) is 9.87. The van der Waals surface area contributed by atoms with E-state index in [0.717, 1.165) is 55.4 Å². The lowest BCUT2D eigenvalue weighted by molar-refractivity contribution is 0.102. The van der Waals surface area contributed by atoms with Crippen LogP contribution in [0.4, 0.5) is 5.69 Å². The lowest BCUT2D eigenvalue weighted by atomic mass is 9.99. The molecule has 0 unspecified atom stereocenters. The Morgan fingerprint density at radius 3 is 2.70 bits per heavy atom. The Bertz CT molecular complexity index is 1000. The summed E-state index contributed by atoms with van der Waals surface area (Å²) in [5.74, 6) is -0.0615. The van der Waals surface area contributed by atoms with Crippen molar-refractivity contribution in [1.29, 1.82) is 0 Å². The second-order valence-electron chi connectivity index (χ2n) is 7.81. The summed E-state index contributed by atoms with van der Waals surface area (Å²) in [7, 11) is 2.16. The molecule has 3 aromatic rings. The van der Waals surface area contributed by atoms with Crippen LogP contribution in [0.2, 0.25) is 0 Å². The standard InChI is InChI=1S/C22H24N4O/c1-25-11-9-18(10-12-25)26-14-17(13-23-26)24-22(27)20-8-7-16-6-5-15-3-2-4-19(20)21(15)16/h2-4,7-8,13-14,18H,5-6,9-12H2,1H3,(H,24,27). The van der Waals surface area contributed by atoms with Crippen molar-refractivity contribution in [2.24, 2.45) is 0 Å². The van der Waals surface area contributed by atoms with Gasteiger partial charge in [0.05, 0.1) is 17.9 Å². The van der Waals surface area contributed by atoms with Gasteiger partial charge in [-0.05, 0) is 73.8 Å². The Kier molecular flexibility index (Phi) is 3.97. The van der Waals surface area contributed by atoms with Gasteiger partial charge in [-0.25, -0.2) is 0 Å². The zero-order valence-electron chi connectivity index (χ0n) is 15.6. The highest BCUT2D eigenvalue weighted by molar-refractivity contribution is 6.14. The Labute approximate surface area is 159 Å². The number of aryl methyl sites for hydroxylation is 2. The zero-order valence-corrected chi connectivity index (χ0v) is 15.6. The summed E-state index contributed by atoms with van der Waals surface area (Å²) < 4.78 is 2.01. The van der Waals surface area contributed by atoms with Crippen LogP contribution in [0.25, 0.3) is 10.8 Å². The Balaban J connectivity index is 1.38. The molecule has 0 spiro atoms. The Morgan fingerprint density at radius 2 is 1.89 bits per heavy atom. The zero-order chi connectivity index (χ0) is 18.4. The summed E-state index contributed by atoms with van der Waals surface area (Å²) in [4.78, 5) is 15.3. The number of benzene rings is 2. The maximum atomic E-state index is 12.9. The van der Waals surface area contributed by atoms with Crippen LogP contribution in [0.15, 0.2) is 42.7 Å². The van der Waals surface area contributed by atoms with Gasteiger partial charge in [0.2, 0.25) is 0 Å². The number of carbonyl (C=O) groups excluding carboxylic acids is 1. The first-order chi connectivity index (χ1) is 13.2. The van der Waals surface area contributed by atoms with Gasteiger partial charge in [-0.2, -0.15) is 5.10 Å². The summed E-state index contributed by atoms with van der Waals surface area (Å²) in [6.07, 6.45) is 8.06. The molecule has 0 bridgehead atoms. The molecule has 5 heteroatoms. The van der Waals surface area contributed by atoms with E-state index in [-0.39, 0.29) is 5.91 Å². The lowest BCUT2D eigenvalue weighted by Crippen LogP contribution is -2.31. The highest BCUT2D eigenvalue weighted by atomic mass is 16.1. The SMILES string of the molecule is CN1CCC(n2cc(NC(=O)c3ccc4c5c(cccc35)CC4)cn2)CC1. The van der Waals surface area contributed by atoms with Crippen molar-refractivity contribution in [2.45, 2.75) is 31.7 Å². The third-order valence-electron chi connectivity index (χ3n) is 6.04. The first-order valence-corrected chi connectivity index (χ1v) is 9.76. The van der Waals surface area contributed by atoms with Gasteiger partial charge < -0.3 is 10.2 Å². The molecule has 1 N–H and O–H groups in total. The average molecular weight is 360 g/mol. The second-order valence-corrected chi connectivity index (χ2v) is 7.81. The van der Waals surface area contributed by atoms with E-state index in [9.17, 15) is 4.79 Å². The number of amides is 1. The van der Waals surface area contributed by atoms with Crippen LogP contribution < -0.4 is 5.32 Å². The van der Waals surface area contributed by atoms with E-state index >= 15 is 0 Å². The van der Waals surface area contributed by atoms with Gasteiger partial charge in [0.1, 0.15) is 0 Å². The third kappa shape index (κ3) is 2.92. The molecule has 27 heavy (non-hydrogen) atoms. The number of piperidine rings is 1. The predicted octanol–water partition coefficient (Wildman–Crippen LogP) is 3.65. The lowest BCUT2D eigenvalue weighted by Gasteiger charge is -2.28. The van der Waals surface area contributed by atoms with Gasteiger partial charge in [-0.3, -0.25) is 9.48 Å². The van der Waals surface area contributed by atoms with Crippen LogP contribution in [-0.2, 0) is 12.8 Å². The van der Waals surface area contributed by atoms with Crippen LogP contribution in [-0.4, -0.2) is 40.7 Å². The molecule has 138 valence electrons. The minimum atomic E-state index is -0.0615. The van der Waals surface area contributed by atoms with Gasteiger partial charge in [0.25, 0.3) is 5.91 Å². The fourth-order valence-electron chi connectivity index (χ4n) is 4.51. The fraction of sp³-hybridized carbons (Fsp3) is 0.364. The van der Waals surface area contributed by atoms with Gasteiger partial charge >= 0.3 is 0 Å². The fourth-order valence-corrected chi connectivity index (χ4v) is 4.51. The van der Waals surface area contributed by atoms with E-state index in [2.05, 4.69) is 46.6 Å². The predicted molar refractivity (Wildman–Crippen MR) is 107 cm³/mol. The van der Waals surface area contributed by atoms with E-state index in [0.29, 0.717) is 6.04 Å². The van der Waals surface area contributed by atoms with Crippen LogP contribution in [0, 0.1) is 0 Å². The molecule has 0 atom stereocenters. The molecular formula is C22H24N4O. The molecule has 2 aliphatic rings. The molecule has 0 saturated carbocycles. The Hall–Kier alpha value is -2.66. The molecule has 1 fully saturated rings. The van der Waals surface area contributed by atoms with Gasteiger partial charge in [0, 0.05) is 11.8 Å². The minimum absolute atomic E-state index is 0.0615. The normalized spacial score (nSPS) is 17.5. The van der Waals surface area contributed by atoms with Crippen molar-refractivity contribution in [3.63, 3.8) is 0 Å². The highest BCUT2D eigenvalue weighted by Crippen LogP contribution is 2.33. The first-order valence-electron chi connectivity index (χ1n) is 9.76. The van der Waals surface area contributed by atoms with Gasteiger partial charge in [0.15, 0.2) is 0 Å². The van der Waals surface area contributed by atoms with E-state index in [1.807, 2.05) is 16.9 Å². The number of hydrogen-bond donors (Lipinski definition) is 1. The number of aromatic nitrogens is 2. The molecular weight excluding hydrogens is 336 g/mol. The number of nitrogens with zero attached hydrogens (tertiary/aromatic N) is 3. The van der Waals surface area contributed by atoms with Crippen LogP contribution >= 0.6 is 0 Å². The molecule has 1 amide bonds. The molecule has 1 saturated heterocycles. The molecule has 5 rings (SSSR count). The quantitative estimate of drug-likeness (QED) is 0.776. The topological polar surface area (TPSA) is 50.2 Å². The Morgan fingerprint density at radius 1 is 1.11 bits per heavy atom. The largest absolute Gasteiger partial charge is 0.319 e. The van der Waals surface area contributed by atoms with Gasteiger partial charge in [-0.1, -0.05) is 24.3 Å². The van der Waals surface area contributed by atoms with Crippen molar-refractivity contribution in [3.05, 3.63) is 59.4 Å². The van der Waals surface area contributed by atoms with Crippen molar-refractivity contribution in [1.82, 2.24) is 14.7 Å². The number of hydrogen-bond acceptors (Lipinski definition) is 3. The molecule has 1 aliphatic heterocycles. The average Bonchev–Trinajstić information content (AvgIpc) is 3.31. The minimum Gasteiger partial charge on any atom is -0.319 e. The number of likely N-dealkylation sites (tertiary alicyclic amines) is 1.